The van der Waals surface area contributed by atoms with Crippen LogP contribution in [0.15, 0.2) is 23.1 Å². The van der Waals surface area contributed by atoms with Crippen LogP contribution in [0.25, 0.3) is 0 Å². The van der Waals surface area contributed by atoms with Gasteiger partial charge in [-0.2, -0.15) is 0 Å². The Morgan fingerprint density at radius 2 is 2.07 bits per heavy atom. The molecule has 15 heavy (non-hydrogen) atoms. The monoisotopic (exact) mass is 231 g/mol. The van der Waals surface area contributed by atoms with E-state index in [1.165, 1.54) is 0 Å². The van der Waals surface area contributed by atoms with Gasteiger partial charge in [0.15, 0.2) is 11.6 Å². The quantitative estimate of drug-likeness (QED) is 0.844. The van der Waals surface area contributed by atoms with Crippen LogP contribution in [0.3, 0.4) is 0 Å². The molecule has 0 unspecified atom stereocenters. The summed E-state index contributed by atoms with van der Waals surface area (Å²) in [6.07, 6.45) is 1.76. The van der Waals surface area contributed by atoms with E-state index in [2.05, 4.69) is 0 Å². The van der Waals surface area contributed by atoms with Gasteiger partial charge in [0.25, 0.3) is 0 Å². The largest absolute Gasteiger partial charge is 0.487 e. The normalized spacial score (nSPS) is 16.4. The van der Waals surface area contributed by atoms with E-state index in [1.54, 1.807) is 0 Å². The molecule has 0 radical (unpaired) electrons. The minimum Gasteiger partial charge on any atom is -0.487 e. The van der Waals surface area contributed by atoms with E-state index in [4.69, 9.17) is 9.88 Å². The van der Waals surface area contributed by atoms with Gasteiger partial charge in [-0.3, -0.25) is 0 Å². The summed E-state index contributed by atoms with van der Waals surface area (Å²) in [5.74, 6) is -0.627. The molecule has 4 nitrogen and oxygen atoms in total. The van der Waals surface area contributed by atoms with E-state index in [0.29, 0.717) is 0 Å². The van der Waals surface area contributed by atoms with Gasteiger partial charge in [-0.15, -0.1) is 0 Å². The summed E-state index contributed by atoms with van der Waals surface area (Å²) < 4.78 is 40.4. The molecule has 0 amide bonds. The summed E-state index contributed by atoms with van der Waals surface area (Å²) in [5.41, 5.74) is 0. The van der Waals surface area contributed by atoms with Gasteiger partial charge in [-0.05, 0) is 25.0 Å². The number of ether oxygens (including phenoxy) is 1. The van der Waals surface area contributed by atoms with E-state index in [1.807, 2.05) is 0 Å². The number of hydrogen-bond acceptors (Lipinski definition) is 3. The number of primary sulfonamides is 1. The van der Waals surface area contributed by atoms with Crippen molar-refractivity contribution >= 4 is 10.0 Å². The van der Waals surface area contributed by atoms with Crippen LogP contribution >= 0.6 is 0 Å². The Morgan fingerprint density at radius 3 is 2.60 bits per heavy atom. The van der Waals surface area contributed by atoms with Crippen molar-refractivity contribution < 1.29 is 17.5 Å². The molecule has 1 fully saturated rings. The van der Waals surface area contributed by atoms with Gasteiger partial charge < -0.3 is 4.74 Å². The maximum absolute atomic E-state index is 13.2. The highest BCUT2D eigenvalue weighted by Crippen LogP contribution is 2.29. The second kappa shape index (κ2) is 3.46. The first-order valence-electron chi connectivity index (χ1n) is 4.46. The molecule has 0 aliphatic heterocycles. The fourth-order valence-electron chi connectivity index (χ4n) is 1.12. The average Bonchev–Trinajstić information content (AvgIpc) is 2.90. The SMILES string of the molecule is NS(=O)(=O)c1ccc(F)c(OC2CC2)c1. The third-order valence-corrected chi connectivity index (χ3v) is 2.96. The molecule has 0 aromatic heterocycles. The number of rotatable bonds is 3. The molecule has 1 saturated carbocycles. The summed E-state index contributed by atoms with van der Waals surface area (Å²) >= 11 is 0. The van der Waals surface area contributed by atoms with E-state index in [9.17, 15) is 12.8 Å². The molecule has 2 N–H and O–H groups in total. The van der Waals surface area contributed by atoms with Gasteiger partial charge in [0.05, 0.1) is 11.0 Å². The molecular weight excluding hydrogens is 221 g/mol. The third-order valence-electron chi connectivity index (χ3n) is 2.05. The van der Waals surface area contributed by atoms with E-state index < -0.39 is 15.8 Å². The van der Waals surface area contributed by atoms with Gasteiger partial charge in [0.2, 0.25) is 10.0 Å². The van der Waals surface area contributed by atoms with Crippen LogP contribution in [0.1, 0.15) is 12.8 Å². The Bertz CT molecular complexity index is 482. The lowest BCUT2D eigenvalue weighted by molar-refractivity contribution is 0.286. The zero-order valence-corrected chi connectivity index (χ0v) is 8.63. The number of nitrogens with two attached hydrogens (primary N) is 1. The maximum Gasteiger partial charge on any atom is 0.238 e. The fraction of sp³-hybridized carbons (Fsp3) is 0.333. The van der Waals surface area contributed by atoms with Crippen molar-refractivity contribution in [2.24, 2.45) is 5.14 Å². The predicted octanol–water partition coefficient (Wildman–Crippen LogP) is 1.01. The minimum absolute atomic E-state index is 0.00947. The Hall–Kier alpha value is -1.14. The van der Waals surface area contributed by atoms with Crippen LogP contribution in [0, 0.1) is 5.82 Å². The van der Waals surface area contributed by atoms with E-state index in [0.717, 1.165) is 31.0 Å². The van der Waals surface area contributed by atoms with E-state index >= 15 is 0 Å². The summed E-state index contributed by atoms with van der Waals surface area (Å²) in [6.45, 7) is 0. The van der Waals surface area contributed by atoms with Gasteiger partial charge in [0, 0.05) is 6.07 Å². The summed E-state index contributed by atoms with van der Waals surface area (Å²) in [6, 6.07) is 3.27. The van der Waals surface area contributed by atoms with Crippen molar-refractivity contribution in [1.82, 2.24) is 0 Å². The molecular formula is C9H10FNO3S. The van der Waals surface area contributed by atoms with Crippen molar-refractivity contribution in [2.45, 2.75) is 23.8 Å². The molecule has 0 heterocycles. The highest BCUT2D eigenvalue weighted by Gasteiger charge is 2.25. The Balaban J connectivity index is 2.35. The Morgan fingerprint density at radius 1 is 1.40 bits per heavy atom. The Kier molecular flexibility index (Phi) is 2.40. The molecule has 6 heteroatoms. The van der Waals surface area contributed by atoms with Gasteiger partial charge in [-0.1, -0.05) is 0 Å². The molecule has 0 bridgehead atoms. The van der Waals surface area contributed by atoms with Gasteiger partial charge >= 0.3 is 0 Å². The average molecular weight is 231 g/mol. The molecule has 0 saturated heterocycles. The molecule has 1 aliphatic rings. The molecule has 0 spiro atoms. The van der Waals surface area contributed by atoms with Crippen LogP contribution in [-0.4, -0.2) is 14.5 Å². The Labute approximate surface area is 86.9 Å². The standard InChI is InChI=1S/C9H10FNO3S/c10-8-4-3-7(15(11,12)13)5-9(8)14-6-1-2-6/h3-6H,1-2H2,(H2,11,12,13). The smallest absolute Gasteiger partial charge is 0.238 e. The molecule has 0 atom stereocenters. The third kappa shape index (κ3) is 2.45. The second-order valence-electron chi connectivity index (χ2n) is 3.45. The molecule has 1 aliphatic carbocycles. The number of hydrogen-bond donors (Lipinski definition) is 1. The van der Waals surface area contributed by atoms with Crippen LogP contribution < -0.4 is 9.88 Å². The lowest BCUT2D eigenvalue weighted by Crippen LogP contribution is -2.12. The molecule has 82 valence electrons. The van der Waals surface area contributed by atoms with Crippen molar-refractivity contribution in [2.75, 3.05) is 0 Å². The number of benzene rings is 1. The van der Waals surface area contributed by atoms with Crippen LogP contribution in [0.5, 0.6) is 5.75 Å². The molecule has 1 aromatic rings. The van der Waals surface area contributed by atoms with Crippen LogP contribution in [0.2, 0.25) is 0 Å². The molecule has 2 rings (SSSR count). The zero-order chi connectivity index (χ0) is 11.1. The van der Waals surface area contributed by atoms with E-state index in [-0.39, 0.29) is 16.7 Å². The second-order valence-corrected chi connectivity index (χ2v) is 5.02. The minimum atomic E-state index is -3.80. The summed E-state index contributed by atoms with van der Waals surface area (Å²) in [4.78, 5) is -0.139. The topological polar surface area (TPSA) is 69.4 Å². The van der Waals surface area contributed by atoms with Crippen molar-refractivity contribution in [3.63, 3.8) is 0 Å². The summed E-state index contributed by atoms with van der Waals surface area (Å²) in [5, 5.41) is 4.92. The predicted molar refractivity (Wildman–Crippen MR) is 51.4 cm³/mol. The molecule has 1 aromatic carbocycles. The van der Waals surface area contributed by atoms with Crippen molar-refractivity contribution in [1.29, 1.82) is 0 Å². The van der Waals surface area contributed by atoms with Crippen molar-refractivity contribution in [3.8, 4) is 5.75 Å². The maximum atomic E-state index is 13.2. The highest BCUT2D eigenvalue weighted by atomic mass is 32.2. The zero-order valence-electron chi connectivity index (χ0n) is 7.81. The first-order chi connectivity index (χ1) is 6.97. The first-order valence-corrected chi connectivity index (χ1v) is 6.00. The van der Waals surface area contributed by atoms with Crippen molar-refractivity contribution in [3.05, 3.63) is 24.0 Å². The highest BCUT2D eigenvalue weighted by molar-refractivity contribution is 7.89. The summed E-state index contributed by atoms with van der Waals surface area (Å²) in [7, 11) is -3.80. The van der Waals surface area contributed by atoms with Gasteiger partial charge in [0.1, 0.15) is 0 Å². The van der Waals surface area contributed by atoms with Crippen LogP contribution in [0.4, 0.5) is 4.39 Å². The number of sulfonamides is 1. The first kappa shape index (κ1) is 10.4. The lowest BCUT2D eigenvalue weighted by atomic mass is 10.3. The van der Waals surface area contributed by atoms with Gasteiger partial charge in [-0.25, -0.2) is 17.9 Å². The fourth-order valence-corrected chi connectivity index (χ4v) is 1.65. The lowest BCUT2D eigenvalue weighted by Gasteiger charge is -2.06. The number of halogens is 1. The van der Waals surface area contributed by atoms with Crippen LogP contribution in [-0.2, 0) is 10.0 Å².